The molecule has 2 atom stereocenters. The van der Waals surface area contributed by atoms with Crippen LogP contribution in [-0.4, -0.2) is 0 Å². The maximum Gasteiger partial charge on any atom is 0.0999 e. The molecule has 2 nitrogen and oxygen atoms in total. The van der Waals surface area contributed by atoms with Gasteiger partial charge in [-0.3, -0.25) is 0 Å². The van der Waals surface area contributed by atoms with Gasteiger partial charge in [-0.2, -0.15) is 0 Å². The maximum absolute atomic E-state index is 6.24. The normalized spacial score (nSPS) is 12.8. The minimum atomic E-state index is 0.277. The van der Waals surface area contributed by atoms with Crippen LogP contribution in [0.3, 0.4) is 0 Å². The van der Waals surface area contributed by atoms with Crippen LogP contribution in [0.2, 0.25) is 0 Å². The van der Waals surface area contributed by atoms with Gasteiger partial charge in [0.05, 0.1) is 5.82 Å². The van der Waals surface area contributed by atoms with E-state index in [-0.39, 0.29) is 5.92 Å². The van der Waals surface area contributed by atoms with Gasteiger partial charge in [0, 0.05) is 16.4 Å². The summed E-state index contributed by atoms with van der Waals surface area (Å²) in [4.78, 5) is 0. The fraction of sp³-hybridized carbons (Fsp3) is 0.267. The zero-order valence-electron chi connectivity index (χ0n) is 20.2. The Labute approximate surface area is 206 Å². The van der Waals surface area contributed by atoms with Gasteiger partial charge in [0.25, 0.3) is 0 Å². The van der Waals surface area contributed by atoms with Gasteiger partial charge < -0.3 is 10.6 Å². The fourth-order valence-electron chi connectivity index (χ4n) is 3.25. The van der Waals surface area contributed by atoms with Crippen LogP contribution in [0.15, 0.2) is 103 Å². The molecule has 0 aliphatic rings. The SMILES string of the molecule is C#C.C=C(NC(=C)C(C)C(C)C/C=C(Cl)\C=C/CC)Nc1cccc(Cc2ccccc2)c1. The number of anilines is 1. The second-order valence-electron chi connectivity index (χ2n) is 8.02. The molecule has 3 heteroatoms. The molecular formula is C30H37ClN2. The van der Waals surface area contributed by atoms with Crippen molar-refractivity contribution in [2.75, 3.05) is 5.32 Å². The van der Waals surface area contributed by atoms with E-state index in [1.165, 1.54) is 11.1 Å². The highest BCUT2D eigenvalue weighted by Crippen LogP contribution is 2.23. The molecule has 0 fully saturated rings. The van der Waals surface area contributed by atoms with Crippen molar-refractivity contribution in [2.45, 2.75) is 40.0 Å². The van der Waals surface area contributed by atoms with Crippen LogP contribution in [0.4, 0.5) is 5.69 Å². The summed E-state index contributed by atoms with van der Waals surface area (Å²) in [6.45, 7) is 14.8. The van der Waals surface area contributed by atoms with Crippen LogP contribution in [-0.2, 0) is 6.42 Å². The lowest BCUT2D eigenvalue weighted by molar-refractivity contribution is 0.431. The first-order chi connectivity index (χ1) is 15.9. The third-order valence-corrected chi connectivity index (χ3v) is 5.67. The quantitative estimate of drug-likeness (QED) is 0.246. The zero-order valence-corrected chi connectivity index (χ0v) is 20.9. The van der Waals surface area contributed by atoms with E-state index >= 15 is 0 Å². The smallest absolute Gasteiger partial charge is 0.0999 e. The van der Waals surface area contributed by atoms with Crippen molar-refractivity contribution in [3.8, 4) is 12.8 Å². The lowest BCUT2D eigenvalue weighted by Crippen LogP contribution is -2.24. The number of hydrogen-bond donors (Lipinski definition) is 2. The van der Waals surface area contributed by atoms with E-state index in [0.29, 0.717) is 5.92 Å². The Bertz CT molecular complexity index is 954. The van der Waals surface area contributed by atoms with E-state index in [2.05, 4.69) is 112 Å². The molecule has 2 rings (SSSR count). The predicted molar refractivity (Wildman–Crippen MR) is 147 cm³/mol. The van der Waals surface area contributed by atoms with Crippen LogP contribution in [0.5, 0.6) is 0 Å². The molecule has 2 unspecified atom stereocenters. The lowest BCUT2D eigenvalue weighted by atomic mass is 9.90. The molecule has 2 aromatic carbocycles. The van der Waals surface area contributed by atoms with Gasteiger partial charge in [-0.15, -0.1) is 12.8 Å². The van der Waals surface area contributed by atoms with Crippen molar-refractivity contribution in [1.82, 2.24) is 5.32 Å². The van der Waals surface area contributed by atoms with Crippen LogP contribution >= 0.6 is 11.6 Å². The number of hydrogen-bond acceptors (Lipinski definition) is 2. The Balaban J connectivity index is 0.00000265. The summed E-state index contributed by atoms with van der Waals surface area (Å²) >= 11 is 6.24. The van der Waals surface area contributed by atoms with Crippen LogP contribution < -0.4 is 10.6 Å². The first-order valence-corrected chi connectivity index (χ1v) is 11.7. The molecule has 0 spiro atoms. The molecule has 0 heterocycles. The third kappa shape index (κ3) is 10.8. The van der Waals surface area contributed by atoms with Gasteiger partial charge in [-0.1, -0.05) is 100 Å². The highest BCUT2D eigenvalue weighted by atomic mass is 35.5. The molecule has 0 radical (unpaired) electrons. The van der Waals surface area contributed by atoms with Gasteiger partial charge >= 0.3 is 0 Å². The number of allylic oxidation sites excluding steroid dienone is 5. The Morgan fingerprint density at radius 3 is 2.36 bits per heavy atom. The van der Waals surface area contributed by atoms with Crippen LogP contribution in [0.25, 0.3) is 0 Å². The fourth-order valence-corrected chi connectivity index (χ4v) is 3.43. The number of benzene rings is 2. The van der Waals surface area contributed by atoms with Crippen molar-refractivity contribution < 1.29 is 0 Å². The monoisotopic (exact) mass is 460 g/mol. The van der Waals surface area contributed by atoms with Crippen molar-refractivity contribution in [3.63, 3.8) is 0 Å². The second kappa shape index (κ2) is 15.6. The van der Waals surface area contributed by atoms with Gasteiger partial charge in [0.2, 0.25) is 0 Å². The summed E-state index contributed by atoms with van der Waals surface area (Å²) < 4.78 is 0. The highest BCUT2D eigenvalue weighted by molar-refractivity contribution is 6.31. The molecule has 33 heavy (non-hydrogen) atoms. The van der Waals surface area contributed by atoms with Crippen molar-refractivity contribution in [3.05, 3.63) is 114 Å². The standard InChI is InChI=1S/C28H35ClN2.C2H2/c1-6-7-15-27(29)18-17-21(2)22(3)23(4)30-24(5)31-28-16-11-14-26(20-28)19-25-12-9-8-10-13-25;1-2/h7-16,18,20-22,30-31H,4-6,17,19H2,1-3H3;1-2H/b15-7-,27-18+;. The topological polar surface area (TPSA) is 24.1 Å². The molecule has 2 aromatic rings. The Morgan fingerprint density at radius 1 is 1.03 bits per heavy atom. The van der Waals surface area contributed by atoms with Crippen LogP contribution in [0.1, 0.15) is 44.7 Å². The minimum absolute atomic E-state index is 0.277. The molecule has 2 N–H and O–H groups in total. The number of terminal acetylenes is 1. The van der Waals surface area contributed by atoms with Gasteiger partial charge in [-0.05, 0) is 60.4 Å². The van der Waals surface area contributed by atoms with E-state index in [0.717, 1.165) is 41.5 Å². The van der Waals surface area contributed by atoms with Crippen molar-refractivity contribution in [1.29, 1.82) is 0 Å². The number of halogens is 1. The maximum atomic E-state index is 6.24. The third-order valence-electron chi connectivity index (χ3n) is 5.39. The summed E-state index contributed by atoms with van der Waals surface area (Å²) in [5, 5.41) is 7.48. The lowest BCUT2D eigenvalue weighted by Gasteiger charge is -2.24. The summed E-state index contributed by atoms with van der Waals surface area (Å²) in [6.07, 6.45) is 16.9. The second-order valence-corrected chi connectivity index (χ2v) is 8.45. The van der Waals surface area contributed by atoms with Gasteiger partial charge in [0.1, 0.15) is 0 Å². The summed E-state index contributed by atoms with van der Waals surface area (Å²) in [6, 6.07) is 18.9. The first-order valence-electron chi connectivity index (χ1n) is 11.3. The first kappa shape index (κ1) is 27.9. The summed E-state index contributed by atoms with van der Waals surface area (Å²) in [5.74, 6) is 1.41. The molecule has 0 amide bonds. The molecular weight excluding hydrogens is 424 g/mol. The van der Waals surface area contributed by atoms with Crippen LogP contribution in [0, 0.1) is 24.7 Å². The molecule has 0 aromatic heterocycles. The predicted octanol–water partition coefficient (Wildman–Crippen LogP) is 8.26. The average molecular weight is 461 g/mol. The van der Waals surface area contributed by atoms with Gasteiger partial charge in [0.15, 0.2) is 0 Å². The largest absolute Gasteiger partial charge is 0.346 e. The molecule has 0 saturated carbocycles. The van der Waals surface area contributed by atoms with E-state index in [9.17, 15) is 0 Å². The van der Waals surface area contributed by atoms with Crippen molar-refractivity contribution in [2.24, 2.45) is 11.8 Å². The zero-order chi connectivity index (χ0) is 24.6. The minimum Gasteiger partial charge on any atom is -0.346 e. The Kier molecular flexibility index (Phi) is 13.2. The molecule has 174 valence electrons. The summed E-state index contributed by atoms with van der Waals surface area (Å²) in [7, 11) is 0. The van der Waals surface area contributed by atoms with Crippen molar-refractivity contribution >= 4 is 17.3 Å². The molecule has 0 saturated heterocycles. The van der Waals surface area contributed by atoms with E-state index in [1.807, 2.05) is 18.2 Å². The number of rotatable bonds is 12. The van der Waals surface area contributed by atoms with Gasteiger partial charge in [-0.25, -0.2) is 0 Å². The summed E-state index contributed by atoms with van der Waals surface area (Å²) in [5.41, 5.74) is 4.51. The molecule has 0 bridgehead atoms. The Morgan fingerprint density at radius 2 is 1.70 bits per heavy atom. The Hall–Kier alpha value is -3.15. The molecule has 0 aliphatic carbocycles. The average Bonchev–Trinajstić information content (AvgIpc) is 2.82. The van der Waals surface area contributed by atoms with E-state index in [4.69, 9.17) is 11.6 Å². The van der Waals surface area contributed by atoms with E-state index < -0.39 is 0 Å². The highest BCUT2D eigenvalue weighted by Gasteiger charge is 2.15. The molecule has 0 aliphatic heterocycles. The van der Waals surface area contributed by atoms with E-state index in [1.54, 1.807) is 0 Å². The number of nitrogens with one attached hydrogen (secondary N) is 2.